The number of hydrogen-bond acceptors (Lipinski definition) is 2. The molecule has 0 aromatic heterocycles. The smallest absolute Gasteiger partial charge is 0.0970 e. The summed E-state index contributed by atoms with van der Waals surface area (Å²) in [6.07, 6.45) is 18.5. The maximum absolute atomic E-state index is 6.72. The molecule has 0 N–H and O–H groups in total. The fourth-order valence-corrected chi connectivity index (χ4v) is 11.2. The molecular weight excluding hydrogens is 749 g/mol. The van der Waals surface area contributed by atoms with Crippen LogP contribution in [-0.2, 0) is 16.2 Å². The zero-order chi connectivity index (χ0) is 42.3. The molecule has 0 bridgehead atoms. The first-order valence-corrected chi connectivity index (χ1v) is 21.5. The highest BCUT2D eigenvalue weighted by Gasteiger charge is 2.84. The Morgan fingerprint density at radius 2 is 1.13 bits per heavy atom. The second-order valence-corrected chi connectivity index (χ2v) is 16.5. The monoisotopic (exact) mass is 796 g/mol. The van der Waals surface area contributed by atoms with E-state index in [4.69, 9.17) is 13.0 Å². The van der Waals surface area contributed by atoms with Crippen molar-refractivity contribution in [3.8, 4) is 23.5 Å². The van der Waals surface area contributed by atoms with Gasteiger partial charge in [0.2, 0.25) is 0 Å². The minimum absolute atomic E-state index is 0.320. The van der Waals surface area contributed by atoms with Gasteiger partial charge in [0.1, 0.15) is 0 Å². The van der Waals surface area contributed by atoms with Crippen LogP contribution in [0.1, 0.15) is 37.0 Å². The Labute approximate surface area is 366 Å². The number of rotatable bonds is 11. The van der Waals surface area contributed by atoms with E-state index in [1.54, 1.807) is 0 Å². The highest BCUT2D eigenvalue weighted by Crippen LogP contribution is 2.86. The Kier molecular flexibility index (Phi) is 9.62. The molecule has 7 aromatic rings. The number of fused-ring (bicyclic) bond motifs is 3. The summed E-state index contributed by atoms with van der Waals surface area (Å²) in [6.45, 7) is 9.52. The van der Waals surface area contributed by atoms with Crippen molar-refractivity contribution in [2.45, 2.75) is 36.5 Å². The Balaban J connectivity index is 1.29. The lowest BCUT2D eigenvalue weighted by Crippen LogP contribution is -2.44. The summed E-state index contributed by atoms with van der Waals surface area (Å²) in [5, 5.41) is 0. The van der Waals surface area contributed by atoms with Crippen molar-refractivity contribution < 1.29 is 0 Å². The van der Waals surface area contributed by atoms with Gasteiger partial charge < -0.3 is 9.80 Å². The van der Waals surface area contributed by atoms with Crippen molar-refractivity contribution in [3.63, 3.8) is 0 Å². The van der Waals surface area contributed by atoms with E-state index in [9.17, 15) is 0 Å². The Bertz CT molecular complexity index is 2890. The molecule has 2 nitrogen and oxygen atoms in total. The van der Waals surface area contributed by atoms with Gasteiger partial charge in [0.05, 0.1) is 11.1 Å². The number of hydrogen-bond donors (Lipinski definition) is 0. The normalized spacial score (nSPS) is 20.8. The summed E-state index contributed by atoms with van der Waals surface area (Å²) in [5.41, 5.74) is 14.6. The topological polar surface area (TPSA) is 6.48 Å². The molecule has 3 aliphatic carbocycles. The van der Waals surface area contributed by atoms with E-state index in [0.29, 0.717) is 0 Å². The molecule has 3 atom stereocenters. The number of nitrogens with zero attached hydrogens (tertiary/aromatic N) is 2. The Hall–Kier alpha value is -7.60. The first-order valence-electron chi connectivity index (χ1n) is 21.5. The van der Waals surface area contributed by atoms with Gasteiger partial charge in [-0.05, 0) is 126 Å². The lowest BCUT2D eigenvalue weighted by atomic mass is 9.55. The standard InChI is InChI=1S/C60H48N2/c1-5-7-13-26-44(3)60(46-27-14-8-15-28-46)57(42-47(6-2)61(48-29-16-9-17-30-48)49-31-18-10-19-32-49)45(4)58-43-59(58,60)56-40-39-52(41-54(56)53-37-24-25-38-55(53)58)62(50-33-20-11-21-34-50)51-35-22-12-23-36-51/h2,5,7-42H,3,43H2,1,4H3/b7-5-,26-13-,47-42+. The molecule has 0 spiro atoms. The molecule has 0 heterocycles. The van der Waals surface area contributed by atoms with E-state index in [1.165, 1.54) is 39.0 Å². The summed E-state index contributed by atoms with van der Waals surface area (Å²) in [6, 6.07) is 69.7. The average Bonchev–Trinajstić information content (AvgIpc) is 4.01. The van der Waals surface area contributed by atoms with Crippen LogP contribution in [0.5, 0.6) is 0 Å². The van der Waals surface area contributed by atoms with Gasteiger partial charge in [-0.3, -0.25) is 0 Å². The highest BCUT2D eigenvalue weighted by atomic mass is 15.1. The Morgan fingerprint density at radius 3 is 1.69 bits per heavy atom. The zero-order valence-corrected chi connectivity index (χ0v) is 35.2. The molecule has 298 valence electrons. The van der Waals surface area contributed by atoms with E-state index in [2.05, 4.69) is 242 Å². The third-order valence-corrected chi connectivity index (χ3v) is 13.6. The van der Waals surface area contributed by atoms with Crippen molar-refractivity contribution >= 4 is 28.4 Å². The molecule has 0 saturated heterocycles. The third-order valence-electron chi connectivity index (χ3n) is 13.6. The summed E-state index contributed by atoms with van der Waals surface area (Å²) in [7, 11) is 0. The van der Waals surface area contributed by atoms with Crippen LogP contribution in [0, 0.1) is 12.3 Å². The first kappa shape index (κ1) is 38.6. The molecule has 7 aromatic carbocycles. The largest absolute Gasteiger partial charge is 0.310 e. The molecule has 62 heavy (non-hydrogen) atoms. The fourth-order valence-electron chi connectivity index (χ4n) is 11.2. The van der Waals surface area contributed by atoms with Gasteiger partial charge >= 0.3 is 0 Å². The van der Waals surface area contributed by atoms with Gasteiger partial charge in [0, 0.05) is 39.3 Å². The van der Waals surface area contributed by atoms with Crippen LogP contribution in [0.15, 0.2) is 253 Å². The summed E-state index contributed by atoms with van der Waals surface area (Å²) < 4.78 is 0. The van der Waals surface area contributed by atoms with Crippen LogP contribution in [0.3, 0.4) is 0 Å². The maximum Gasteiger partial charge on any atom is 0.0970 e. The lowest BCUT2D eigenvalue weighted by molar-refractivity contribution is 0.447. The molecule has 1 saturated carbocycles. The van der Waals surface area contributed by atoms with Crippen LogP contribution >= 0.6 is 0 Å². The van der Waals surface area contributed by atoms with Gasteiger partial charge in [-0.2, -0.15) is 0 Å². The van der Waals surface area contributed by atoms with Crippen molar-refractivity contribution in [1.82, 2.24) is 0 Å². The lowest BCUT2D eigenvalue weighted by Gasteiger charge is -2.46. The van der Waals surface area contributed by atoms with Gasteiger partial charge in [0.15, 0.2) is 0 Å². The van der Waals surface area contributed by atoms with E-state index in [1.807, 2.05) is 12.1 Å². The SMILES string of the molecule is C#C/C(=C\C1=C(C)C23CC2(c2ccc(N(c4ccccc4)c4ccccc4)cc2-c2ccccc23)C1(C(=C)/C=C\C=C/C)c1ccccc1)N(c1ccccc1)c1ccccc1. The predicted octanol–water partition coefficient (Wildman–Crippen LogP) is 15.0. The molecule has 3 unspecified atom stereocenters. The first-order chi connectivity index (χ1) is 30.5. The predicted molar refractivity (Wildman–Crippen MR) is 260 cm³/mol. The molecule has 10 rings (SSSR count). The Morgan fingerprint density at radius 1 is 0.597 bits per heavy atom. The van der Waals surface area contributed by atoms with Crippen molar-refractivity contribution in [2.24, 2.45) is 0 Å². The number of anilines is 5. The number of para-hydroxylation sites is 4. The van der Waals surface area contributed by atoms with E-state index in [0.717, 1.165) is 46.1 Å². The average molecular weight is 797 g/mol. The van der Waals surface area contributed by atoms with Crippen molar-refractivity contribution in [3.05, 3.63) is 270 Å². The second-order valence-electron chi connectivity index (χ2n) is 16.5. The van der Waals surface area contributed by atoms with Crippen LogP contribution in [-0.4, -0.2) is 0 Å². The number of terminal acetylenes is 1. The van der Waals surface area contributed by atoms with Crippen molar-refractivity contribution in [2.75, 3.05) is 9.80 Å². The minimum atomic E-state index is -0.708. The zero-order valence-electron chi connectivity index (χ0n) is 35.2. The maximum atomic E-state index is 6.72. The highest BCUT2D eigenvalue weighted by molar-refractivity contribution is 5.92. The molecule has 2 heteroatoms. The molecule has 0 radical (unpaired) electrons. The fraction of sp³-hybridized carbons (Fsp3) is 0.100. The van der Waals surface area contributed by atoms with Crippen LogP contribution < -0.4 is 9.80 Å². The van der Waals surface area contributed by atoms with Crippen LogP contribution in [0.2, 0.25) is 0 Å². The second kappa shape index (κ2) is 15.5. The van der Waals surface area contributed by atoms with Gasteiger partial charge in [-0.15, -0.1) is 6.42 Å². The molecule has 0 amide bonds. The molecule has 0 aliphatic heterocycles. The molecule has 3 aliphatic rings. The van der Waals surface area contributed by atoms with Crippen molar-refractivity contribution in [1.29, 1.82) is 0 Å². The van der Waals surface area contributed by atoms with E-state index >= 15 is 0 Å². The van der Waals surface area contributed by atoms with Crippen LogP contribution in [0.25, 0.3) is 11.1 Å². The summed E-state index contributed by atoms with van der Waals surface area (Å²) >= 11 is 0. The molecular formula is C60H48N2. The summed E-state index contributed by atoms with van der Waals surface area (Å²) in [4.78, 5) is 4.58. The van der Waals surface area contributed by atoms with Crippen LogP contribution in [0.4, 0.5) is 28.4 Å². The van der Waals surface area contributed by atoms with Gasteiger partial charge in [-0.25, -0.2) is 0 Å². The van der Waals surface area contributed by atoms with E-state index < -0.39 is 10.8 Å². The number of allylic oxidation sites excluding steroid dienone is 9. The third kappa shape index (κ3) is 5.59. The summed E-state index contributed by atoms with van der Waals surface area (Å²) in [5.74, 6) is 3.21. The van der Waals surface area contributed by atoms with E-state index in [-0.39, 0.29) is 5.41 Å². The van der Waals surface area contributed by atoms with Gasteiger partial charge in [0.25, 0.3) is 0 Å². The molecule has 1 fully saturated rings. The quantitative estimate of drug-likeness (QED) is 0.0950. The minimum Gasteiger partial charge on any atom is -0.310 e. The van der Waals surface area contributed by atoms with Gasteiger partial charge in [-0.1, -0.05) is 176 Å². The number of benzene rings is 7.